The van der Waals surface area contributed by atoms with Crippen molar-refractivity contribution in [3.8, 4) is 23.2 Å². The smallest absolute Gasteiger partial charge is 0.439 e. The molecule has 0 saturated carbocycles. The van der Waals surface area contributed by atoms with Crippen molar-refractivity contribution < 1.29 is 27.4 Å². The number of rotatable bonds is 6. The van der Waals surface area contributed by atoms with Gasteiger partial charge in [-0.15, -0.1) is 13.2 Å². The third kappa shape index (κ3) is 6.34. The predicted molar refractivity (Wildman–Crippen MR) is 130 cm³/mol. The summed E-state index contributed by atoms with van der Waals surface area (Å²) in [5.41, 5.74) is 3.19. The number of aryl methyl sites for hydroxylation is 2. The van der Waals surface area contributed by atoms with Crippen LogP contribution in [0.15, 0.2) is 54.6 Å². The number of aromatic nitrogens is 4. The molecule has 0 spiro atoms. The first-order valence-corrected chi connectivity index (χ1v) is 11.1. The normalized spacial score (nSPS) is 11.2. The van der Waals surface area contributed by atoms with Crippen LogP contribution >= 0.6 is 0 Å². The van der Waals surface area contributed by atoms with E-state index < -0.39 is 18.1 Å². The summed E-state index contributed by atoms with van der Waals surface area (Å²) in [5, 5.41) is 9.41. The lowest BCUT2D eigenvalue weighted by Gasteiger charge is -2.14. The highest BCUT2D eigenvalue weighted by Gasteiger charge is 2.32. The molecule has 2 aromatic heterocycles. The second kappa shape index (κ2) is 10.2. The molecule has 12 heteroatoms. The van der Waals surface area contributed by atoms with E-state index in [1.807, 2.05) is 20.8 Å². The average Bonchev–Trinajstić information content (AvgIpc) is 3.08. The number of ether oxygens (including phenoxy) is 2. The summed E-state index contributed by atoms with van der Waals surface area (Å²) in [6.07, 6.45) is -4.89. The largest absolute Gasteiger partial charge is 0.573 e. The maximum Gasteiger partial charge on any atom is 0.573 e. The van der Waals surface area contributed by atoms with E-state index in [9.17, 15) is 18.0 Å². The first-order valence-electron chi connectivity index (χ1n) is 11.1. The molecule has 0 aliphatic rings. The molecule has 0 fully saturated rings. The Kier molecular flexibility index (Phi) is 7.00. The van der Waals surface area contributed by atoms with Gasteiger partial charge >= 0.3 is 12.4 Å². The Hall–Kier alpha value is -4.61. The number of halogens is 3. The van der Waals surface area contributed by atoms with Crippen molar-refractivity contribution in [1.29, 1.82) is 0 Å². The number of amides is 2. The Labute approximate surface area is 210 Å². The summed E-state index contributed by atoms with van der Waals surface area (Å²) in [5.74, 6) is 1.31. The molecule has 0 aliphatic heterocycles. The van der Waals surface area contributed by atoms with E-state index in [0.29, 0.717) is 29.0 Å². The number of benzene rings is 2. The van der Waals surface area contributed by atoms with Gasteiger partial charge in [-0.3, -0.25) is 0 Å². The number of carbonyl (C=O) groups is 1. The average molecular weight is 512 g/mol. The van der Waals surface area contributed by atoms with Gasteiger partial charge in [0.05, 0.1) is 11.4 Å². The fourth-order valence-corrected chi connectivity index (χ4v) is 3.43. The second-order valence-corrected chi connectivity index (χ2v) is 8.07. The first-order chi connectivity index (χ1) is 17.5. The summed E-state index contributed by atoms with van der Waals surface area (Å²) in [6, 6.07) is 12.5. The van der Waals surface area contributed by atoms with E-state index in [4.69, 9.17) is 4.74 Å². The molecule has 2 N–H and O–H groups in total. The van der Waals surface area contributed by atoms with E-state index in [1.54, 1.807) is 41.9 Å². The van der Waals surface area contributed by atoms with E-state index in [2.05, 4.69) is 30.4 Å². The molecule has 0 radical (unpaired) electrons. The number of nitrogens with zero attached hydrogens (tertiary/aromatic N) is 4. The molecule has 2 heterocycles. The highest BCUT2D eigenvalue weighted by Crippen LogP contribution is 2.30. The lowest BCUT2D eigenvalue weighted by atomic mass is 10.2. The van der Waals surface area contributed by atoms with Gasteiger partial charge < -0.3 is 20.1 Å². The van der Waals surface area contributed by atoms with Crippen LogP contribution in [0.3, 0.4) is 0 Å². The maximum atomic E-state index is 12.6. The number of nitrogens with one attached hydrogen (secondary N) is 2. The van der Waals surface area contributed by atoms with Gasteiger partial charge in [-0.05, 0) is 69.7 Å². The van der Waals surface area contributed by atoms with Gasteiger partial charge in [-0.25, -0.2) is 14.5 Å². The molecule has 0 atom stereocenters. The van der Waals surface area contributed by atoms with Crippen molar-refractivity contribution in [2.75, 3.05) is 10.6 Å². The number of anilines is 2. The molecule has 192 valence electrons. The Morgan fingerprint density at radius 1 is 0.946 bits per heavy atom. The molecule has 0 unspecified atom stereocenters. The van der Waals surface area contributed by atoms with Gasteiger partial charge in [0.15, 0.2) is 11.6 Å². The van der Waals surface area contributed by atoms with Crippen LogP contribution in [0.5, 0.6) is 17.4 Å². The van der Waals surface area contributed by atoms with Crippen LogP contribution in [0, 0.1) is 27.7 Å². The number of hydrogen-bond acceptors (Lipinski definition) is 6. The van der Waals surface area contributed by atoms with Crippen LogP contribution in [-0.4, -0.2) is 32.1 Å². The summed E-state index contributed by atoms with van der Waals surface area (Å²) >= 11 is 0. The monoisotopic (exact) mass is 512 g/mol. The molecule has 2 aromatic carbocycles. The minimum atomic E-state index is -4.89. The van der Waals surface area contributed by atoms with Crippen LogP contribution in [0.25, 0.3) is 5.82 Å². The number of para-hydroxylation sites is 2. The van der Waals surface area contributed by atoms with Crippen LogP contribution in [0.4, 0.5) is 29.3 Å². The van der Waals surface area contributed by atoms with Crippen LogP contribution in [-0.2, 0) is 0 Å². The van der Waals surface area contributed by atoms with Crippen molar-refractivity contribution in [3.63, 3.8) is 0 Å². The highest BCUT2D eigenvalue weighted by molar-refractivity contribution is 6.00. The van der Waals surface area contributed by atoms with E-state index in [1.165, 1.54) is 18.2 Å². The quantitative estimate of drug-likeness (QED) is 0.317. The molecular formula is C25H23F3N6O3. The molecule has 9 nitrogen and oxygen atoms in total. The van der Waals surface area contributed by atoms with Crippen molar-refractivity contribution in [3.05, 3.63) is 77.4 Å². The van der Waals surface area contributed by atoms with E-state index in [-0.39, 0.29) is 5.69 Å². The van der Waals surface area contributed by atoms with Crippen LogP contribution < -0.4 is 20.1 Å². The zero-order chi connectivity index (χ0) is 26.7. The highest BCUT2D eigenvalue weighted by atomic mass is 19.4. The second-order valence-electron chi connectivity index (χ2n) is 8.07. The summed E-state index contributed by atoms with van der Waals surface area (Å²) in [7, 11) is 0. The van der Waals surface area contributed by atoms with Crippen molar-refractivity contribution in [1.82, 2.24) is 19.7 Å². The van der Waals surface area contributed by atoms with Gasteiger partial charge in [0.1, 0.15) is 11.6 Å². The molecule has 0 saturated heterocycles. The van der Waals surface area contributed by atoms with Crippen molar-refractivity contribution in [2.45, 2.75) is 34.1 Å². The number of hydrogen-bond donors (Lipinski definition) is 2. The van der Waals surface area contributed by atoms with Crippen molar-refractivity contribution in [2.24, 2.45) is 0 Å². The summed E-state index contributed by atoms with van der Waals surface area (Å²) in [4.78, 5) is 21.1. The summed E-state index contributed by atoms with van der Waals surface area (Å²) < 4.78 is 49.3. The lowest BCUT2D eigenvalue weighted by Crippen LogP contribution is -2.22. The third-order valence-electron chi connectivity index (χ3n) is 5.37. The zero-order valence-electron chi connectivity index (χ0n) is 20.3. The lowest BCUT2D eigenvalue weighted by molar-refractivity contribution is -0.274. The Morgan fingerprint density at radius 3 is 2.30 bits per heavy atom. The van der Waals surface area contributed by atoms with Crippen molar-refractivity contribution >= 4 is 17.4 Å². The first kappa shape index (κ1) is 25.5. The number of alkyl halides is 3. The van der Waals surface area contributed by atoms with Gasteiger partial charge in [0.25, 0.3) is 0 Å². The van der Waals surface area contributed by atoms with Crippen LogP contribution in [0.2, 0.25) is 0 Å². The minimum absolute atomic E-state index is 0.134. The number of carbonyl (C=O) groups excluding carboxylic acids is 1. The predicted octanol–water partition coefficient (Wildman–Crippen LogP) is 6.23. The van der Waals surface area contributed by atoms with Gasteiger partial charge in [0, 0.05) is 17.4 Å². The molecule has 2 amide bonds. The Morgan fingerprint density at radius 2 is 1.65 bits per heavy atom. The molecule has 37 heavy (non-hydrogen) atoms. The third-order valence-corrected chi connectivity index (χ3v) is 5.37. The molecule has 0 aliphatic carbocycles. The SMILES string of the molecule is Cc1nc(Oc2ccc(NC(=O)Nc3ccccc3OC(F)(F)F)cc2)cc(-n2nc(C)c(C)c2C)n1. The molecule has 0 bridgehead atoms. The van der Waals surface area contributed by atoms with E-state index in [0.717, 1.165) is 23.0 Å². The molecule has 4 rings (SSSR count). The molecular weight excluding hydrogens is 489 g/mol. The standard InChI is InChI=1S/C25H23F3N6O3/c1-14-15(2)33-34(16(14)3)22-13-23(30-17(4)29-22)36-19-11-9-18(10-12-19)31-24(35)32-20-7-5-6-8-21(20)37-25(26,27)28/h5-13H,1-4H3,(H2,31,32,35). The van der Waals surface area contributed by atoms with Gasteiger partial charge in [-0.1, -0.05) is 12.1 Å². The minimum Gasteiger partial charge on any atom is -0.439 e. The van der Waals surface area contributed by atoms with Crippen LogP contribution in [0.1, 0.15) is 22.8 Å². The Bertz CT molecular complexity index is 1430. The summed E-state index contributed by atoms with van der Waals surface area (Å²) in [6.45, 7) is 7.62. The fraction of sp³-hybridized carbons (Fsp3) is 0.200. The zero-order valence-corrected chi connectivity index (χ0v) is 20.3. The van der Waals surface area contributed by atoms with Gasteiger partial charge in [-0.2, -0.15) is 10.1 Å². The fourth-order valence-electron chi connectivity index (χ4n) is 3.43. The molecule has 4 aromatic rings. The van der Waals surface area contributed by atoms with E-state index >= 15 is 0 Å². The maximum absolute atomic E-state index is 12.6. The van der Waals surface area contributed by atoms with Gasteiger partial charge in [0.2, 0.25) is 5.88 Å². The topological polar surface area (TPSA) is 103 Å². The number of urea groups is 1. The Balaban J connectivity index is 1.43.